The zero-order chi connectivity index (χ0) is 20.3. The van der Waals surface area contributed by atoms with Crippen LogP contribution in [0, 0.1) is 23.6 Å². The molecule has 1 unspecified atom stereocenters. The molecule has 1 aromatic carbocycles. The van der Waals surface area contributed by atoms with Gasteiger partial charge in [0.2, 0.25) is 0 Å². The third-order valence-corrected chi connectivity index (χ3v) is 7.21. The summed E-state index contributed by atoms with van der Waals surface area (Å²) in [7, 11) is 1.51. The number of methoxy groups -OCH3 is 1. The van der Waals surface area contributed by atoms with Crippen molar-refractivity contribution in [3.05, 3.63) is 17.4 Å². The Labute approximate surface area is 169 Å². The average molecular weight is 402 g/mol. The number of hydrogen-bond acceptors (Lipinski definition) is 5. The van der Waals surface area contributed by atoms with Crippen LogP contribution in [0.5, 0.6) is 5.75 Å². The van der Waals surface area contributed by atoms with Gasteiger partial charge in [-0.15, -0.1) is 0 Å². The second-order valence-electron chi connectivity index (χ2n) is 8.98. The van der Waals surface area contributed by atoms with E-state index in [9.17, 15) is 14.7 Å². The fraction of sp³-hybridized carbons (Fsp3) is 0.636. The fourth-order valence-electron chi connectivity index (χ4n) is 5.62. The molecule has 1 aromatic rings. The standard InChI is InChI=1S/C22H27FN2O4/c1-29-21-18-15(20(26)16(22(27)28)11-25(18)14-6-7-14)8-17(23)19(21)24-9-12-4-2-3-5-13(12)10-24/h8,12-14,16H,2-7,9-11H2,1H3,(H,27,28)/t12-,13+,16?. The molecule has 2 aliphatic carbocycles. The maximum absolute atomic E-state index is 15.4. The second kappa shape index (κ2) is 6.89. The van der Waals surface area contributed by atoms with Gasteiger partial charge in [-0.3, -0.25) is 9.59 Å². The molecule has 4 aliphatic rings. The van der Waals surface area contributed by atoms with Crippen molar-refractivity contribution in [2.75, 3.05) is 36.5 Å². The predicted octanol–water partition coefficient (Wildman–Crippen LogP) is 3.33. The van der Waals surface area contributed by atoms with Gasteiger partial charge < -0.3 is 19.6 Å². The van der Waals surface area contributed by atoms with Crippen LogP contribution in [0.3, 0.4) is 0 Å². The highest BCUT2D eigenvalue weighted by atomic mass is 19.1. The van der Waals surface area contributed by atoms with Gasteiger partial charge in [0.15, 0.2) is 17.3 Å². The van der Waals surface area contributed by atoms with Crippen LogP contribution < -0.4 is 14.5 Å². The Hall–Kier alpha value is -2.31. The smallest absolute Gasteiger partial charge is 0.316 e. The third-order valence-electron chi connectivity index (χ3n) is 7.21. The molecular weight excluding hydrogens is 375 g/mol. The summed E-state index contributed by atoms with van der Waals surface area (Å²) in [4.78, 5) is 28.6. The quantitative estimate of drug-likeness (QED) is 0.779. The van der Waals surface area contributed by atoms with E-state index in [-0.39, 0.29) is 18.2 Å². The zero-order valence-corrected chi connectivity index (χ0v) is 16.7. The van der Waals surface area contributed by atoms with Gasteiger partial charge in [0.05, 0.1) is 12.8 Å². The molecule has 2 heterocycles. The van der Waals surface area contributed by atoms with E-state index in [1.54, 1.807) is 0 Å². The Morgan fingerprint density at radius 3 is 2.31 bits per heavy atom. The highest BCUT2D eigenvalue weighted by Gasteiger charge is 2.46. The number of nitrogens with zero attached hydrogens (tertiary/aromatic N) is 2. The molecule has 1 N–H and O–H groups in total. The zero-order valence-electron chi connectivity index (χ0n) is 16.7. The van der Waals surface area contributed by atoms with Crippen molar-refractivity contribution in [2.24, 2.45) is 17.8 Å². The van der Waals surface area contributed by atoms with Crippen LogP contribution in [0.1, 0.15) is 48.9 Å². The van der Waals surface area contributed by atoms with Gasteiger partial charge >= 0.3 is 5.97 Å². The topological polar surface area (TPSA) is 70.1 Å². The molecule has 3 fully saturated rings. The first-order valence-electron chi connectivity index (χ1n) is 10.7. The van der Waals surface area contributed by atoms with Gasteiger partial charge in [0, 0.05) is 31.2 Å². The number of aliphatic carboxylic acids is 1. The van der Waals surface area contributed by atoms with E-state index in [4.69, 9.17) is 4.74 Å². The van der Waals surface area contributed by atoms with Crippen molar-refractivity contribution in [1.82, 2.24) is 0 Å². The van der Waals surface area contributed by atoms with Crippen LogP contribution in [0.15, 0.2) is 6.07 Å². The summed E-state index contributed by atoms with van der Waals surface area (Å²) in [6.45, 7) is 1.75. The molecule has 0 radical (unpaired) electrons. The number of Topliss-reactive ketones (excluding diaryl/α,β-unsaturated/α-hetero) is 1. The number of fused-ring (bicyclic) bond motifs is 2. The number of rotatable bonds is 4. The van der Waals surface area contributed by atoms with Crippen molar-refractivity contribution < 1.29 is 23.8 Å². The minimum absolute atomic E-state index is 0.124. The molecule has 3 atom stereocenters. The maximum atomic E-state index is 15.4. The Kier molecular flexibility index (Phi) is 4.44. The van der Waals surface area contributed by atoms with E-state index in [0.717, 1.165) is 25.9 Å². The number of carboxylic acid groups (broad SMARTS) is 1. The van der Waals surface area contributed by atoms with Gasteiger partial charge in [-0.05, 0) is 43.6 Å². The molecule has 2 saturated carbocycles. The summed E-state index contributed by atoms with van der Waals surface area (Å²) in [5.41, 5.74) is 1.17. The highest BCUT2D eigenvalue weighted by Crippen LogP contribution is 2.51. The van der Waals surface area contributed by atoms with Crippen LogP contribution >= 0.6 is 0 Å². The summed E-state index contributed by atoms with van der Waals surface area (Å²) in [6, 6.07) is 1.44. The Morgan fingerprint density at radius 2 is 1.76 bits per heavy atom. The molecule has 2 aliphatic heterocycles. The number of halogens is 1. The predicted molar refractivity (Wildman–Crippen MR) is 106 cm³/mol. The van der Waals surface area contributed by atoms with Gasteiger partial charge in [-0.25, -0.2) is 4.39 Å². The molecule has 29 heavy (non-hydrogen) atoms. The van der Waals surface area contributed by atoms with Crippen molar-refractivity contribution in [3.63, 3.8) is 0 Å². The van der Waals surface area contributed by atoms with Crippen LogP contribution in [0.25, 0.3) is 0 Å². The molecule has 0 aromatic heterocycles. The number of carboxylic acids is 1. The van der Waals surface area contributed by atoms with Gasteiger partial charge in [0.25, 0.3) is 0 Å². The summed E-state index contributed by atoms with van der Waals surface area (Å²) in [6.07, 6.45) is 6.73. The van der Waals surface area contributed by atoms with E-state index >= 15 is 4.39 Å². The van der Waals surface area contributed by atoms with Gasteiger partial charge in [-0.1, -0.05) is 12.8 Å². The van der Waals surface area contributed by atoms with Crippen LogP contribution in [0.4, 0.5) is 15.8 Å². The molecule has 5 rings (SSSR count). The van der Waals surface area contributed by atoms with Crippen LogP contribution in [0.2, 0.25) is 0 Å². The first-order chi connectivity index (χ1) is 14.0. The van der Waals surface area contributed by atoms with Crippen LogP contribution in [-0.4, -0.2) is 49.6 Å². The first kappa shape index (κ1) is 18.7. The Morgan fingerprint density at radius 1 is 1.10 bits per heavy atom. The molecule has 0 spiro atoms. The lowest BCUT2D eigenvalue weighted by molar-refractivity contribution is -0.139. The molecule has 0 bridgehead atoms. The van der Waals surface area contributed by atoms with Crippen molar-refractivity contribution in [1.29, 1.82) is 0 Å². The largest absolute Gasteiger partial charge is 0.492 e. The van der Waals surface area contributed by atoms with Crippen molar-refractivity contribution in [2.45, 2.75) is 44.6 Å². The summed E-state index contributed by atoms with van der Waals surface area (Å²) < 4.78 is 21.1. The van der Waals surface area contributed by atoms with E-state index in [1.807, 2.05) is 4.90 Å². The minimum Gasteiger partial charge on any atom is -0.492 e. The number of hydrogen-bond donors (Lipinski definition) is 1. The summed E-state index contributed by atoms with van der Waals surface area (Å²) >= 11 is 0. The Balaban J connectivity index is 1.61. The first-order valence-corrected chi connectivity index (χ1v) is 10.7. The van der Waals surface area contributed by atoms with E-state index in [0.29, 0.717) is 29.0 Å². The lowest BCUT2D eigenvalue weighted by Crippen LogP contribution is -2.44. The molecule has 6 nitrogen and oxygen atoms in total. The van der Waals surface area contributed by atoms with Crippen molar-refractivity contribution >= 4 is 23.1 Å². The summed E-state index contributed by atoms with van der Waals surface area (Å²) in [5, 5.41) is 9.51. The molecule has 1 saturated heterocycles. The Bertz CT molecular complexity index is 855. The van der Waals surface area contributed by atoms with Gasteiger partial charge in [0.1, 0.15) is 11.6 Å². The van der Waals surface area contributed by atoms with E-state index in [2.05, 4.69) is 4.90 Å². The maximum Gasteiger partial charge on any atom is 0.316 e. The fourth-order valence-corrected chi connectivity index (χ4v) is 5.62. The third kappa shape index (κ3) is 2.97. The lowest BCUT2D eigenvalue weighted by Gasteiger charge is -2.36. The second-order valence-corrected chi connectivity index (χ2v) is 8.98. The van der Waals surface area contributed by atoms with Crippen molar-refractivity contribution in [3.8, 4) is 5.75 Å². The van der Waals surface area contributed by atoms with Crippen LogP contribution in [-0.2, 0) is 4.79 Å². The average Bonchev–Trinajstić information content (AvgIpc) is 3.45. The molecule has 7 heteroatoms. The monoisotopic (exact) mass is 402 g/mol. The summed E-state index contributed by atoms with van der Waals surface area (Å²) in [5.74, 6) is -1.77. The number of carbonyl (C=O) groups excluding carboxylic acids is 1. The number of ether oxygens (including phenoxy) is 1. The SMILES string of the molecule is COc1c(N2C[C@H]3CCCC[C@H]3C2)c(F)cc2c1N(C1CC1)CC(C(=O)O)C2=O. The van der Waals surface area contributed by atoms with Gasteiger partial charge in [-0.2, -0.15) is 0 Å². The molecular formula is C22H27FN2O4. The normalized spacial score (nSPS) is 28.9. The number of ketones is 1. The van der Waals surface area contributed by atoms with E-state index < -0.39 is 23.5 Å². The molecule has 0 amide bonds. The number of benzene rings is 1. The highest BCUT2D eigenvalue weighted by molar-refractivity contribution is 6.14. The number of anilines is 2. The lowest BCUT2D eigenvalue weighted by atomic mass is 9.82. The number of carbonyl (C=O) groups is 2. The minimum atomic E-state index is -1.16. The van der Waals surface area contributed by atoms with E-state index in [1.165, 1.54) is 38.9 Å². The molecule has 156 valence electrons.